The number of nitrogens with zero attached hydrogens (tertiary/aromatic N) is 4. The molecule has 0 radical (unpaired) electrons. The van der Waals surface area contributed by atoms with Gasteiger partial charge in [0.15, 0.2) is 5.82 Å². The van der Waals surface area contributed by atoms with E-state index in [2.05, 4.69) is 16.2 Å². The van der Waals surface area contributed by atoms with E-state index in [9.17, 15) is 4.39 Å². The third-order valence-corrected chi connectivity index (χ3v) is 4.68. The highest BCUT2D eigenvalue weighted by Gasteiger charge is 2.14. The Kier molecular flexibility index (Phi) is 5.90. The standard InChI is InChI=1S/C24H19FN4O2/c1-17(19-5-3-2-4-6-19)31-22-14-21(25)8-7-20(22)16-30-24-10-12-28-29(24)23-13-18(15-26)9-11-27-23/h2-14,17H,16H2,1H3. The van der Waals surface area contributed by atoms with Gasteiger partial charge in [-0.2, -0.15) is 15.0 Å². The molecule has 0 amide bonds. The second-order valence-electron chi connectivity index (χ2n) is 6.81. The topological polar surface area (TPSA) is 73.0 Å². The van der Waals surface area contributed by atoms with Crippen LogP contribution in [-0.4, -0.2) is 14.8 Å². The lowest BCUT2D eigenvalue weighted by molar-refractivity contribution is 0.214. The van der Waals surface area contributed by atoms with Crippen LogP contribution >= 0.6 is 0 Å². The highest BCUT2D eigenvalue weighted by atomic mass is 19.1. The molecule has 4 rings (SSSR count). The summed E-state index contributed by atoms with van der Waals surface area (Å²) in [7, 11) is 0. The maximum Gasteiger partial charge on any atom is 0.218 e. The van der Waals surface area contributed by atoms with Gasteiger partial charge in [0.25, 0.3) is 0 Å². The fraction of sp³-hybridized carbons (Fsp3) is 0.125. The Morgan fingerprint density at radius 3 is 2.71 bits per heavy atom. The van der Waals surface area contributed by atoms with Gasteiger partial charge in [-0.15, -0.1) is 0 Å². The van der Waals surface area contributed by atoms with Crippen LogP contribution in [0.3, 0.4) is 0 Å². The first-order valence-electron chi connectivity index (χ1n) is 9.67. The summed E-state index contributed by atoms with van der Waals surface area (Å²) in [5.41, 5.74) is 2.14. The molecular weight excluding hydrogens is 395 g/mol. The first kappa shape index (κ1) is 20.1. The Labute approximate surface area is 179 Å². The van der Waals surface area contributed by atoms with Gasteiger partial charge in [-0.1, -0.05) is 30.3 Å². The van der Waals surface area contributed by atoms with Gasteiger partial charge < -0.3 is 9.47 Å². The van der Waals surface area contributed by atoms with E-state index in [0.29, 0.717) is 28.6 Å². The van der Waals surface area contributed by atoms with Gasteiger partial charge in [0.05, 0.1) is 17.8 Å². The van der Waals surface area contributed by atoms with E-state index in [1.165, 1.54) is 23.0 Å². The molecule has 0 saturated heterocycles. The van der Waals surface area contributed by atoms with Crippen LogP contribution in [-0.2, 0) is 6.61 Å². The molecule has 0 N–H and O–H groups in total. The summed E-state index contributed by atoms with van der Waals surface area (Å²) >= 11 is 0. The van der Waals surface area contributed by atoms with Crippen LogP contribution < -0.4 is 9.47 Å². The van der Waals surface area contributed by atoms with Crippen LogP contribution in [0.15, 0.2) is 79.1 Å². The van der Waals surface area contributed by atoms with Crippen molar-refractivity contribution >= 4 is 0 Å². The monoisotopic (exact) mass is 414 g/mol. The van der Waals surface area contributed by atoms with Gasteiger partial charge in [0.1, 0.15) is 24.3 Å². The van der Waals surface area contributed by atoms with Crippen LogP contribution in [0.4, 0.5) is 4.39 Å². The molecule has 0 aliphatic rings. The van der Waals surface area contributed by atoms with Crippen molar-refractivity contribution in [3.63, 3.8) is 0 Å². The smallest absolute Gasteiger partial charge is 0.218 e. The molecule has 0 spiro atoms. The van der Waals surface area contributed by atoms with Gasteiger partial charge in [-0.05, 0) is 30.7 Å². The third kappa shape index (κ3) is 4.70. The van der Waals surface area contributed by atoms with E-state index < -0.39 is 0 Å². The summed E-state index contributed by atoms with van der Waals surface area (Å²) in [6.45, 7) is 2.05. The van der Waals surface area contributed by atoms with Gasteiger partial charge in [-0.3, -0.25) is 0 Å². The van der Waals surface area contributed by atoms with E-state index in [1.54, 1.807) is 30.5 Å². The summed E-state index contributed by atoms with van der Waals surface area (Å²) < 4.78 is 27.4. The van der Waals surface area contributed by atoms with Crippen molar-refractivity contribution in [3.05, 3.63) is 102 Å². The lowest BCUT2D eigenvalue weighted by atomic mass is 10.1. The molecule has 1 atom stereocenters. The SMILES string of the molecule is CC(Oc1cc(F)ccc1COc1ccnn1-c1cc(C#N)ccn1)c1ccccc1. The summed E-state index contributed by atoms with van der Waals surface area (Å²) in [4.78, 5) is 4.24. The van der Waals surface area contributed by atoms with Crippen molar-refractivity contribution in [1.29, 1.82) is 5.26 Å². The zero-order valence-corrected chi connectivity index (χ0v) is 16.8. The van der Waals surface area contributed by atoms with E-state index in [-0.39, 0.29) is 18.5 Å². The van der Waals surface area contributed by atoms with E-state index in [0.717, 1.165) is 5.56 Å². The maximum absolute atomic E-state index is 13.9. The average Bonchev–Trinajstić information content (AvgIpc) is 3.28. The lowest BCUT2D eigenvalue weighted by Gasteiger charge is -2.18. The summed E-state index contributed by atoms with van der Waals surface area (Å²) in [5, 5.41) is 13.3. The lowest BCUT2D eigenvalue weighted by Crippen LogP contribution is -2.08. The van der Waals surface area contributed by atoms with Crippen molar-refractivity contribution in [2.75, 3.05) is 0 Å². The van der Waals surface area contributed by atoms with Gasteiger partial charge in [-0.25, -0.2) is 9.37 Å². The number of benzene rings is 2. The Morgan fingerprint density at radius 2 is 1.90 bits per heavy atom. The van der Waals surface area contributed by atoms with Crippen LogP contribution in [0.25, 0.3) is 5.82 Å². The Hall–Kier alpha value is -4.18. The Morgan fingerprint density at radius 1 is 1.06 bits per heavy atom. The Balaban J connectivity index is 1.54. The fourth-order valence-electron chi connectivity index (χ4n) is 3.07. The number of rotatable bonds is 7. The van der Waals surface area contributed by atoms with Crippen molar-refractivity contribution in [1.82, 2.24) is 14.8 Å². The zero-order chi connectivity index (χ0) is 21.6. The molecule has 31 heavy (non-hydrogen) atoms. The molecule has 6 nitrogen and oxygen atoms in total. The number of hydrogen-bond acceptors (Lipinski definition) is 5. The summed E-state index contributed by atoms with van der Waals surface area (Å²) in [5.74, 6) is 0.926. The van der Waals surface area contributed by atoms with Crippen molar-refractivity contribution in [3.8, 4) is 23.5 Å². The third-order valence-electron chi connectivity index (χ3n) is 4.68. The number of aromatic nitrogens is 3. The number of halogens is 1. The van der Waals surface area contributed by atoms with Crippen LogP contribution in [0.1, 0.15) is 29.7 Å². The van der Waals surface area contributed by atoms with Crippen molar-refractivity contribution < 1.29 is 13.9 Å². The minimum absolute atomic E-state index is 0.140. The molecule has 4 aromatic rings. The second kappa shape index (κ2) is 9.09. The Bertz CT molecular complexity index is 1220. The molecule has 0 bridgehead atoms. The van der Waals surface area contributed by atoms with E-state index in [1.807, 2.05) is 37.3 Å². The van der Waals surface area contributed by atoms with Gasteiger partial charge in [0.2, 0.25) is 5.88 Å². The molecule has 0 fully saturated rings. The second-order valence-corrected chi connectivity index (χ2v) is 6.81. The minimum Gasteiger partial charge on any atom is -0.486 e. The molecule has 2 heterocycles. The predicted molar refractivity (Wildman–Crippen MR) is 112 cm³/mol. The predicted octanol–water partition coefficient (Wildman–Crippen LogP) is 5.00. The molecule has 1 unspecified atom stereocenters. The highest BCUT2D eigenvalue weighted by Crippen LogP contribution is 2.28. The minimum atomic E-state index is -0.387. The maximum atomic E-state index is 13.9. The molecule has 2 aromatic carbocycles. The normalized spacial score (nSPS) is 11.5. The number of pyridine rings is 1. The molecule has 154 valence electrons. The van der Waals surface area contributed by atoms with Crippen LogP contribution in [0.5, 0.6) is 11.6 Å². The number of hydrogen-bond donors (Lipinski definition) is 0. The molecule has 7 heteroatoms. The zero-order valence-electron chi connectivity index (χ0n) is 16.8. The average molecular weight is 414 g/mol. The largest absolute Gasteiger partial charge is 0.486 e. The summed E-state index contributed by atoms with van der Waals surface area (Å²) in [6, 6.07) is 21.1. The first-order valence-corrected chi connectivity index (χ1v) is 9.67. The van der Waals surface area contributed by atoms with E-state index >= 15 is 0 Å². The summed E-state index contributed by atoms with van der Waals surface area (Å²) in [6.07, 6.45) is 2.86. The molecule has 0 aliphatic heterocycles. The van der Waals surface area contributed by atoms with Gasteiger partial charge >= 0.3 is 0 Å². The molecule has 0 saturated carbocycles. The number of ether oxygens (including phenoxy) is 2. The first-order chi connectivity index (χ1) is 15.1. The van der Waals surface area contributed by atoms with Crippen LogP contribution in [0, 0.1) is 17.1 Å². The number of nitriles is 1. The van der Waals surface area contributed by atoms with Crippen LogP contribution in [0.2, 0.25) is 0 Å². The fourth-order valence-corrected chi connectivity index (χ4v) is 3.07. The van der Waals surface area contributed by atoms with Crippen molar-refractivity contribution in [2.45, 2.75) is 19.6 Å². The molecule has 2 aromatic heterocycles. The van der Waals surface area contributed by atoms with Crippen molar-refractivity contribution in [2.24, 2.45) is 0 Å². The quantitative estimate of drug-likeness (QED) is 0.426. The van der Waals surface area contributed by atoms with E-state index in [4.69, 9.17) is 14.7 Å². The molecular formula is C24H19FN4O2. The molecule has 0 aliphatic carbocycles. The van der Waals surface area contributed by atoms with Gasteiger partial charge in [0, 0.05) is 30.0 Å². The highest BCUT2D eigenvalue weighted by molar-refractivity contribution is 5.38.